The first-order valence-corrected chi connectivity index (χ1v) is 16.2. The smallest absolute Gasteiger partial charge is 0.342 e. The summed E-state index contributed by atoms with van der Waals surface area (Å²) >= 11 is 0. The summed E-state index contributed by atoms with van der Waals surface area (Å²) in [5, 5.41) is 0. The number of ether oxygens (including phenoxy) is 8. The molecule has 250 valence electrons. The van der Waals surface area contributed by atoms with Crippen molar-refractivity contribution in [3.8, 4) is 5.75 Å². The Bertz CT molecular complexity index is 836. The predicted molar refractivity (Wildman–Crippen MR) is 169 cm³/mol. The highest BCUT2D eigenvalue weighted by Crippen LogP contribution is 2.21. The molecule has 0 amide bonds. The van der Waals surface area contributed by atoms with Crippen molar-refractivity contribution in [3.05, 3.63) is 29.8 Å². The summed E-state index contributed by atoms with van der Waals surface area (Å²) in [5.41, 5.74) is 0.359. The largest absolute Gasteiger partial charge is 0.487 e. The van der Waals surface area contributed by atoms with Crippen LogP contribution >= 0.6 is 0 Å². The van der Waals surface area contributed by atoms with E-state index >= 15 is 0 Å². The topological polar surface area (TPSA) is 90.9 Å². The molecule has 43 heavy (non-hydrogen) atoms. The Balaban J connectivity index is 2.37. The van der Waals surface area contributed by atoms with Gasteiger partial charge in [-0.25, -0.2) is 4.79 Å². The number of rotatable bonds is 26. The van der Waals surface area contributed by atoms with Gasteiger partial charge in [0.1, 0.15) is 24.0 Å². The normalized spacial score (nSPS) is 16.6. The maximum atomic E-state index is 12.9. The maximum absolute atomic E-state index is 12.9. The molecule has 9 nitrogen and oxygen atoms in total. The van der Waals surface area contributed by atoms with Gasteiger partial charge in [-0.05, 0) is 73.4 Å². The molecule has 0 aliphatic carbocycles. The molecule has 0 aliphatic heterocycles. The monoisotopic (exact) mass is 612 g/mol. The number of carbonyl (C=O) groups excluding carboxylic acids is 1. The van der Waals surface area contributed by atoms with Crippen LogP contribution in [0, 0.1) is 0 Å². The Morgan fingerprint density at radius 1 is 0.581 bits per heavy atom. The zero-order chi connectivity index (χ0) is 32.0. The van der Waals surface area contributed by atoms with E-state index in [9.17, 15) is 4.79 Å². The molecule has 0 N–H and O–H groups in total. The van der Waals surface area contributed by atoms with Gasteiger partial charge in [0.15, 0.2) is 0 Å². The van der Waals surface area contributed by atoms with Gasteiger partial charge in [0.05, 0.1) is 69.7 Å². The van der Waals surface area contributed by atoms with Crippen molar-refractivity contribution >= 4 is 5.97 Å². The van der Waals surface area contributed by atoms with Crippen LogP contribution in [0.25, 0.3) is 0 Å². The molecule has 1 rings (SSSR count). The first-order valence-electron chi connectivity index (χ1n) is 16.2. The molecule has 0 aliphatic rings. The van der Waals surface area contributed by atoms with Crippen molar-refractivity contribution < 1.29 is 42.7 Å². The Kier molecular flexibility index (Phi) is 21.6. The van der Waals surface area contributed by atoms with Crippen LogP contribution in [0.1, 0.15) is 98.4 Å². The highest BCUT2D eigenvalue weighted by atomic mass is 16.6. The van der Waals surface area contributed by atoms with E-state index < -0.39 is 5.97 Å². The number of hydrogen-bond acceptors (Lipinski definition) is 9. The lowest BCUT2D eigenvalue weighted by molar-refractivity contribution is -0.0771. The average molecular weight is 613 g/mol. The number of benzene rings is 1. The molecule has 0 saturated carbocycles. The van der Waals surface area contributed by atoms with Gasteiger partial charge in [-0.2, -0.15) is 0 Å². The van der Waals surface area contributed by atoms with Gasteiger partial charge in [0.25, 0.3) is 0 Å². The second kappa shape index (κ2) is 23.6. The SMILES string of the molecule is CCCCOC(C)COC(C)COC(C)COC(=O)c1ccccc1OC(C)COC(C)COC(C)COC(C)CCC. The quantitative estimate of drug-likeness (QED) is 0.0843. The van der Waals surface area contributed by atoms with Gasteiger partial charge in [-0.15, -0.1) is 0 Å². The number of esters is 1. The van der Waals surface area contributed by atoms with Crippen molar-refractivity contribution in [1.82, 2.24) is 0 Å². The second-order valence-electron chi connectivity index (χ2n) is 11.6. The molecular weight excluding hydrogens is 552 g/mol. The lowest BCUT2D eigenvalue weighted by Gasteiger charge is -2.22. The first-order chi connectivity index (χ1) is 20.5. The molecule has 0 spiro atoms. The highest BCUT2D eigenvalue weighted by molar-refractivity contribution is 5.92. The zero-order valence-corrected chi connectivity index (χ0v) is 28.3. The van der Waals surface area contributed by atoms with E-state index in [1.54, 1.807) is 18.2 Å². The molecule has 1 aromatic carbocycles. The van der Waals surface area contributed by atoms with Gasteiger partial charge < -0.3 is 37.9 Å². The van der Waals surface area contributed by atoms with E-state index in [1.165, 1.54) is 0 Å². The summed E-state index contributed by atoms with van der Waals surface area (Å²) in [6, 6.07) is 7.05. The molecule has 0 aromatic heterocycles. The van der Waals surface area contributed by atoms with Crippen LogP contribution in [0.2, 0.25) is 0 Å². The van der Waals surface area contributed by atoms with Crippen molar-refractivity contribution in [1.29, 1.82) is 0 Å². The molecule has 0 fully saturated rings. The van der Waals surface area contributed by atoms with E-state index in [2.05, 4.69) is 20.8 Å². The summed E-state index contributed by atoms with van der Waals surface area (Å²) in [6.07, 6.45) is 3.80. The number of carbonyl (C=O) groups is 1. The molecule has 0 bridgehead atoms. The second-order valence-corrected chi connectivity index (χ2v) is 11.6. The molecule has 9 heteroatoms. The van der Waals surface area contributed by atoms with Crippen molar-refractivity contribution in [3.63, 3.8) is 0 Å². The van der Waals surface area contributed by atoms with Gasteiger partial charge in [-0.1, -0.05) is 38.8 Å². The van der Waals surface area contributed by atoms with Crippen molar-refractivity contribution in [2.45, 2.75) is 131 Å². The predicted octanol–water partition coefficient (Wildman–Crippen LogP) is 6.64. The fourth-order valence-corrected chi connectivity index (χ4v) is 3.92. The van der Waals surface area contributed by atoms with Crippen LogP contribution in [0.15, 0.2) is 24.3 Å². The number of para-hydroxylation sites is 1. The average Bonchev–Trinajstić information content (AvgIpc) is 2.99. The number of unbranched alkanes of at least 4 members (excludes halogenated alkanes) is 1. The van der Waals surface area contributed by atoms with Crippen molar-refractivity contribution in [2.75, 3.05) is 46.2 Å². The van der Waals surface area contributed by atoms with Gasteiger partial charge in [-0.3, -0.25) is 0 Å². The molecule has 0 saturated heterocycles. The maximum Gasteiger partial charge on any atom is 0.342 e. The molecule has 1 aromatic rings. The Hall–Kier alpha value is -1.75. The summed E-state index contributed by atoms with van der Waals surface area (Å²) in [5.74, 6) is -0.0157. The van der Waals surface area contributed by atoms with Crippen LogP contribution in [-0.2, 0) is 33.2 Å². The van der Waals surface area contributed by atoms with Gasteiger partial charge >= 0.3 is 5.97 Å². The molecular formula is C34H60O9. The molecule has 7 atom stereocenters. The van der Waals surface area contributed by atoms with E-state index in [0.29, 0.717) is 44.3 Å². The molecule has 0 heterocycles. The summed E-state index contributed by atoms with van der Waals surface area (Å²) in [4.78, 5) is 12.9. The van der Waals surface area contributed by atoms with Crippen LogP contribution < -0.4 is 4.74 Å². The Morgan fingerprint density at radius 2 is 1.05 bits per heavy atom. The zero-order valence-electron chi connectivity index (χ0n) is 28.3. The van der Waals surface area contributed by atoms with E-state index in [0.717, 1.165) is 32.3 Å². The minimum atomic E-state index is -0.465. The third kappa shape index (κ3) is 19.3. The van der Waals surface area contributed by atoms with Gasteiger partial charge in [0, 0.05) is 6.61 Å². The lowest BCUT2D eigenvalue weighted by Crippen LogP contribution is -2.28. The highest BCUT2D eigenvalue weighted by Gasteiger charge is 2.18. The first kappa shape index (κ1) is 39.3. The molecule has 7 unspecified atom stereocenters. The number of hydrogen-bond donors (Lipinski definition) is 0. The Morgan fingerprint density at radius 3 is 1.58 bits per heavy atom. The third-order valence-corrected chi connectivity index (χ3v) is 6.56. The summed E-state index contributed by atoms with van der Waals surface area (Å²) < 4.78 is 46.6. The van der Waals surface area contributed by atoms with E-state index in [-0.39, 0.29) is 49.3 Å². The van der Waals surface area contributed by atoms with Crippen LogP contribution in [0.3, 0.4) is 0 Å². The van der Waals surface area contributed by atoms with Gasteiger partial charge in [0.2, 0.25) is 0 Å². The standard InChI is InChI=1S/C34H60O9/c1-10-12-18-36-26(4)19-38-28(6)21-40-30(8)23-42-34(35)32-16-13-14-17-33(32)43-31(9)24-41-29(7)22-39-27(5)20-37-25(3)15-11-2/h13-14,16-17,25-31H,10-12,15,18-24H2,1-9H3. The van der Waals surface area contributed by atoms with Crippen molar-refractivity contribution in [2.24, 2.45) is 0 Å². The minimum Gasteiger partial charge on any atom is -0.487 e. The van der Waals surface area contributed by atoms with Crippen LogP contribution in [0.4, 0.5) is 0 Å². The fourth-order valence-electron chi connectivity index (χ4n) is 3.92. The van der Waals surface area contributed by atoms with Crippen LogP contribution in [0.5, 0.6) is 5.75 Å². The Labute approximate surface area is 261 Å². The fraction of sp³-hybridized carbons (Fsp3) is 0.794. The third-order valence-electron chi connectivity index (χ3n) is 6.56. The molecule has 0 radical (unpaired) electrons. The van der Waals surface area contributed by atoms with Crippen LogP contribution in [-0.4, -0.2) is 94.9 Å². The summed E-state index contributed by atoms with van der Waals surface area (Å²) in [7, 11) is 0. The van der Waals surface area contributed by atoms with E-state index in [4.69, 9.17) is 37.9 Å². The lowest BCUT2D eigenvalue weighted by atomic mass is 10.2. The summed E-state index contributed by atoms with van der Waals surface area (Å²) in [6.45, 7) is 21.2. The minimum absolute atomic E-state index is 0.00852. The van der Waals surface area contributed by atoms with E-state index in [1.807, 2.05) is 47.6 Å².